The van der Waals surface area contributed by atoms with E-state index in [1.54, 1.807) is 0 Å². The minimum Gasteiger partial charge on any atom is -0.356 e. The van der Waals surface area contributed by atoms with Gasteiger partial charge >= 0.3 is 0 Å². The van der Waals surface area contributed by atoms with Gasteiger partial charge in [-0.05, 0) is 36.5 Å². The first-order chi connectivity index (χ1) is 10.9. The van der Waals surface area contributed by atoms with E-state index in [-0.39, 0.29) is 11.8 Å². The van der Waals surface area contributed by atoms with E-state index >= 15 is 0 Å². The Bertz CT molecular complexity index is 510. The van der Waals surface area contributed by atoms with Crippen LogP contribution >= 0.6 is 15.9 Å². The molecule has 0 aliphatic carbocycles. The smallest absolute Gasteiger partial charge is 0.220 e. The fourth-order valence-electron chi connectivity index (χ4n) is 2.85. The second-order valence-electron chi connectivity index (χ2n) is 6.54. The lowest BCUT2D eigenvalue weighted by molar-refractivity contribution is -0.146. The Labute approximate surface area is 147 Å². The maximum Gasteiger partial charge on any atom is 0.220 e. The van der Waals surface area contributed by atoms with Crippen molar-refractivity contribution in [1.29, 1.82) is 0 Å². The van der Waals surface area contributed by atoms with E-state index in [9.17, 15) is 4.79 Å². The van der Waals surface area contributed by atoms with Crippen molar-refractivity contribution in [3.8, 4) is 0 Å². The van der Waals surface area contributed by atoms with Crippen molar-refractivity contribution >= 4 is 21.8 Å². The summed E-state index contributed by atoms with van der Waals surface area (Å²) in [5, 5.41) is 2.99. The van der Waals surface area contributed by atoms with Gasteiger partial charge < -0.3 is 14.8 Å². The summed E-state index contributed by atoms with van der Waals surface area (Å²) in [6.07, 6.45) is 1.17. The molecule has 1 aliphatic heterocycles. The predicted molar refractivity (Wildman–Crippen MR) is 94.3 cm³/mol. The third-order valence-electron chi connectivity index (χ3n) is 4.31. The number of hydrogen-bond donors (Lipinski definition) is 1. The average molecular weight is 384 g/mol. The van der Waals surface area contributed by atoms with Crippen LogP contribution in [0, 0.1) is 5.92 Å². The molecule has 1 heterocycles. The molecule has 0 bridgehead atoms. The van der Waals surface area contributed by atoms with Crippen LogP contribution in [0.5, 0.6) is 0 Å². The van der Waals surface area contributed by atoms with Gasteiger partial charge in [-0.3, -0.25) is 4.79 Å². The van der Waals surface area contributed by atoms with Crippen molar-refractivity contribution in [2.24, 2.45) is 5.92 Å². The Morgan fingerprint density at radius 1 is 1.26 bits per heavy atom. The second kappa shape index (κ2) is 8.27. The maximum absolute atomic E-state index is 12.3. The summed E-state index contributed by atoms with van der Waals surface area (Å²) in [5.74, 6) is 0.156. The van der Waals surface area contributed by atoms with E-state index in [4.69, 9.17) is 9.47 Å². The molecule has 128 valence electrons. The molecule has 1 atom stereocenters. The van der Waals surface area contributed by atoms with E-state index in [2.05, 4.69) is 47.2 Å². The Morgan fingerprint density at radius 3 is 2.43 bits per heavy atom. The Kier molecular flexibility index (Phi) is 6.62. The van der Waals surface area contributed by atoms with E-state index in [1.165, 1.54) is 5.56 Å². The lowest BCUT2D eigenvalue weighted by atomic mass is 9.85. The summed E-state index contributed by atoms with van der Waals surface area (Å²) in [7, 11) is 0. The van der Waals surface area contributed by atoms with Crippen LogP contribution in [0.25, 0.3) is 0 Å². The summed E-state index contributed by atoms with van der Waals surface area (Å²) in [6, 6.07) is 8.23. The standard InChI is InChI=1S/C18H26BrNO3/c1-13(2)16(14-4-6-15(19)7-5-14)12-17(21)20-9-8-18(3)22-10-11-23-18/h4-7,13,16H,8-12H2,1-3H3,(H,20,21). The second-order valence-corrected chi connectivity index (χ2v) is 7.45. The summed E-state index contributed by atoms with van der Waals surface area (Å²) in [4.78, 5) is 12.3. The summed E-state index contributed by atoms with van der Waals surface area (Å²) < 4.78 is 12.1. The third kappa shape index (κ3) is 5.59. The quantitative estimate of drug-likeness (QED) is 0.777. The molecule has 1 aromatic rings. The third-order valence-corrected chi connectivity index (χ3v) is 4.84. The number of benzene rings is 1. The van der Waals surface area contributed by atoms with E-state index in [0.29, 0.717) is 38.5 Å². The van der Waals surface area contributed by atoms with Gasteiger partial charge in [0.2, 0.25) is 5.91 Å². The van der Waals surface area contributed by atoms with Gasteiger partial charge in [0.1, 0.15) is 0 Å². The first kappa shape index (κ1) is 18.4. The highest BCUT2D eigenvalue weighted by molar-refractivity contribution is 9.10. The number of halogens is 1. The van der Waals surface area contributed by atoms with Gasteiger partial charge in [-0.25, -0.2) is 0 Å². The Morgan fingerprint density at radius 2 is 1.87 bits per heavy atom. The largest absolute Gasteiger partial charge is 0.356 e. The summed E-state index contributed by atoms with van der Waals surface area (Å²) in [6.45, 7) is 8.06. The molecule has 1 aliphatic rings. The molecule has 1 unspecified atom stereocenters. The monoisotopic (exact) mass is 383 g/mol. The number of ether oxygens (including phenoxy) is 2. The van der Waals surface area contributed by atoms with Gasteiger partial charge in [0, 0.05) is 23.9 Å². The molecule has 2 rings (SSSR count). The number of carbonyl (C=O) groups excluding carboxylic acids is 1. The van der Waals surface area contributed by atoms with Crippen molar-refractivity contribution in [3.05, 3.63) is 34.3 Å². The first-order valence-electron chi connectivity index (χ1n) is 8.20. The zero-order chi connectivity index (χ0) is 16.9. The molecular formula is C18H26BrNO3. The zero-order valence-electron chi connectivity index (χ0n) is 14.1. The Balaban J connectivity index is 1.84. The molecule has 0 spiro atoms. The molecule has 0 saturated carbocycles. The highest BCUT2D eigenvalue weighted by atomic mass is 79.9. The lowest BCUT2D eigenvalue weighted by Gasteiger charge is -2.23. The fourth-order valence-corrected chi connectivity index (χ4v) is 3.11. The van der Waals surface area contributed by atoms with E-state index in [0.717, 1.165) is 4.47 Å². The topological polar surface area (TPSA) is 47.6 Å². The zero-order valence-corrected chi connectivity index (χ0v) is 15.7. The predicted octanol–water partition coefficient (Wildman–Crippen LogP) is 3.85. The number of amides is 1. The van der Waals surface area contributed by atoms with Gasteiger partial charge in [0.25, 0.3) is 0 Å². The van der Waals surface area contributed by atoms with Crippen molar-refractivity contribution in [3.63, 3.8) is 0 Å². The van der Waals surface area contributed by atoms with Crippen LogP contribution in [0.1, 0.15) is 45.1 Å². The van der Waals surface area contributed by atoms with E-state index < -0.39 is 5.79 Å². The number of carbonyl (C=O) groups is 1. The SMILES string of the molecule is CC(C)C(CC(=O)NCCC1(C)OCCO1)c1ccc(Br)cc1. The molecule has 23 heavy (non-hydrogen) atoms. The average Bonchev–Trinajstić information content (AvgIpc) is 2.92. The molecule has 0 aromatic heterocycles. The van der Waals surface area contributed by atoms with Crippen LogP contribution in [-0.2, 0) is 14.3 Å². The van der Waals surface area contributed by atoms with Crippen LogP contribution in [0.4, 0.5) is 0 Å². The first-order valence-corrected chi connectivity index (χ1v) is 8.99. The Hall–Kier alpha value is -0.910. The van der Waals surface area contributed by atoms with Gasteiger partial charge in [0.05, 0.1) is 13.2 Å². The maximum atomic E-state index is 12.3. The van der Waals surface area contributed by atoms with Crippen LogP contribution < -0.4 is 5.32 Å². The summed E-state index contributed by atoms with van der Waals surface area (Å²) >= 11 is 3.45. The van der Waals surface area contributed by atoms with Gasteiger partial charge in [0.15, 0.2) is 5.79 Å². The minimum absolute atomic E-state index is 0.0771. The van der Waals surface area contributed by atoms with Crippen LogP contribution in [-0.4, -0.2) is 31.5 Å². The molecule has 1 saturated heterocycles. The minimum atomic E-state index is -0.545. The normalized spacial score (nSPS) is 18.1. The fraction of sp³-hybridized carbons (Fsp3) is 0.611. The van der Waals surface area contributed by atoms with Crippen molar-refractivity contribution < 1.29 is 14.3 Å². The van der Waals surface area contributed by atoms with Gasteiger partial charge in [-0.2, -0.15) is 0 Å². The van der Waals surface area contributed by atoms with E-state index in [1.807, 2.05) is 19.1 Å². The van der Waals surface area contributed by atoms with Crippen molar-refractivity contribution in [1.82, 2.24) is 5.32 Å². The number of nitrogens with one attached hydrogen (secondary N) is 1. The van der Waals surface area contributed by atoms with Crippen molar-refractivity contribution in [2.75, 3.05) is 19.8 Å². The molecule has 1 N–H and O–H groups in total. The number of rotatable bonds is 7. The molecule has 1 aromatic carbocycles. The van der Waals surface area contributed by atoms with Crippen LogP contribution in [0.3, 0.4) is 0 Å². The van der Waals surface area contributed by atoms with Crippen LogP contribution in [0.2, 0.25) is 0 Å². The molecular weight excluding hydrogens is 358 g/mol. The van der Waals surface area contributed by atoms with Gasteiger partial charge in [-0.1, -0.05) is 41.9 Å². The number of hydrogen-bond acceptors (Lipinski definition) is 3. The molecule has 0 radical (unpaired) electrons. The molecule has 4 nitrogen and oxygen atoms in total. The lowest BCUT2D eigenvalue weighted by Crippen LogP contribution is -2.34. The molecule has 5 heteroatoms. The van der Waals surface area contributed by atoms with Crippen molar-refractivity contribution in [2.45, 2.75) is 45.3 Å². The molecule has 1 fully saturated rings. The van der Waals surface area contributed by atoms with Crippen LogP contribution in [0.15, 0.2) is 28.7 Å². The van der Waals surface area contributed by atoms with Gasteiger partial charge in [-0.15, -0.1) is 0 Å². The summed E-state index contributed by atoms with van der Waals surface area (Å²) in [5.41, 5.74) is 1.20. The molecule has 1 amide bonds. The highest BCUT2D eigenvalue weighted by Gasteiger charge is 2.30. The highest BCUT2D eigenvalue weighted by Crippen LogP contribution is 2.29.